The number of hydrogen-bond acceptors (Lipinski definition) is 6. The maximum atomic E-state index is 11.1. The molecule has 0 spiro atoms. The lowest BCUT2D eigenvalue weighted by molar-refractivity contribution is -0.527. The van der Waals surface area contributed by atoms with Crippen LogP contribution in [0.15, 0.2) is 69.6 Å². The Bertz CT molecular complexity index is 1040. The molecule has 0 aromatic carbocycles. The first-order valence-electron chi connectivity index (χ1n) is 14.9. The molecule has 220 valence electrons. The van der Waals surface area contributed by atoms with Crippen LogP contribution in [-0.4, -0.2) is 89.6 Å². The molecule has 8 nitrogen and oxygen atoms in total. The maximum Gasteiger partial charge on any atom is 0.207 e. The zero-order valence-corrected chi connectivity index (χ0v) is 24.5. The summed E-state index contributed by atoms with van der Waals surface area (Å²) in [6, 6.07) is 0. The number of allylic oxidation sites excluding steroid dienone is 4. The average molecular weight is 557 g/mol. The van der Waals surface area contributed by atoms with Crippen molar-refractivity contribution in [1.82, 2.24) is 0 Å². The third-order valence-electron chi connectivity index (χ3n) is 7.78. The first-order chi connectivity index (χ1) is 19.2. The van der Waals surface area contributed by atoms with Gasteiger partial charge in [0.1, 0.15) is 61.4 Å². The summed E-state index contributed by atoms with van der Waals surface area (Å²) < 4.78 is 4.24. The first kappa shape index (κ1) is 31.4. The van der Waals surface area contributed by atoms with Crippen molar-refractivity contribution in [2.45, 2.75) is 91.3 Å². The second kappa shape index (κ2) is 14.5. The Kier molecular flexibility index (Phi) is 11.4. The number of unbranched alkanes of at least 4 members (excludes halogenated alkanes) is 4. The van der Waals surface area contributed by atoms with Gasteiger partial charge >= 0.3 is 0 Å². The van der Waals surface area contributed by atoms with E-state index in [2.05, 4.69) is 36.8 Å². The van der Waals surface area contributed by atoms with Crippen LogP contribution in [0.5, 0.6) is 0 Å². The fourth-order valence-corrected chi connectivity index (χ4v) is 5.37. The molecule has 3 rings (SSSR count). The van der Waals surface area contributed by atoms with Gasteiger partial charge < -0.3 is 30.6 Å². The molecule has 0 unspecified atom stereocenters. The second-order valence-corrected chi connectivity index (χ2v) is 10.8. The number of hydrogen-bond donors (Lipinski definition) is 6. The molecule has 0 amide bonds. The second-order valence-electron chi connectivity index (χ2n) is 10.8. The molecule has 0 aromatic heterocycles. The number of rotatable bonds is 12. The van der Waals surface area contributed by atoms with Crippen LogP contribution >= 0.6 is 0 Å². The Morgan fingerprint density at radius 2 is 0.750 bits per heavy atom. The van der Waals surface area contributed by atoms with Gasteiger partial charge in [0.05, 0.1) is 35.5 Å². The highest BCUT2D eigenvalue weighted by molar-refractivity contribution is 6.04. The predicted octanol–water partition coefficient (Wildman–Crippen LogP) is 5.22. The molecule has 3 aliphatic rings. The summed E-state index contributed by atoms with van der Waals surface area (Å²) in [6.07, 6.45) is 11.4. The molecule has 0 heterocycles. The Morgan fingerprint density at radius 1 is 0.500 bits per heavy atom. The molecule has 0 aliphatic heterocycles. The Labute approximate surface area is 238 Å². The van der Waals surface area contributed by atoms with Gasteiger partial charge in [-0.05, 0) is 0 Å². The van der Waals surface area contributed by atoms with Crippen LogP contribution in [0.2, 0.25) is 0 Å². The highest BCUT2D eigenvalue weighted by atomic mass is 16.3. The van der Waals surface area contributed by atoms with Crippen molar-refractivity contribution in [2.75, 3.05) is 26.2 Å². The third-order valence-corrected chi connectivity index (χ3v) is 7.78. The van der Waals surface area contributed by atoms with Crippen LogP contribution in [0.4, 0.5) is 0 Å². The minimum Gasteiger partial charge on any atom is -0.507 e. The molecular formula is C32H48N2O6+2. The molecule has 1 saturated carbocycles. The highest BCUT2D eigenvalue weighted by Gasteiger charge is 2.46. The maximum absolute atomic E-state index is 11.1. The largest absolute Gasteiger partial charge is 0.507 e. The molecule has 0 radical (unpaired) electrons. The van der Waals surface area contributed by atoms with Gasteiger partial charge in [-0.3, -0.25) is 0 Å². The molecule has 3 aliphatic carbocycles. The van der Waals surface area contributed by atoms with E-state index < -0.39 is 12.2 Å². The van der Waals surface area contributed by atoms with Crippen molar-refractivity contribution in [2.24, 2.45) is 0 Å². The summed E-state index contributed by atoms with van der Waals surface area (Å²) in [7, 11) is 0. The first-order valence-corrected chi connectivity index (χ1v) is 14.9. The van der Waals surface area contributed by atoms with Crippen molar-refractivity contribution < 1.29 is 39.8 Å². The summed E-state index contributed by atoms with van der Waals surface area (Å²) in [5.74, 6) is -0.976. The zero-order valence-electron chi connectivity index (χ0n) is 24.5. The van der Waals surface area contributed by atoms with Crippen molar-refractivity contribution in [1.29, 1.82) is 0 Å². The molecule has 0 saturated heterocycles. The molecule has 0 atom stereocenters. The Morgan fingerprint density at radius 3 is 0.975 bits per heavy atom. The van der Waals surface area contributed by atoms with Crippen LogP contribution < -0.4 is 0 Å². The van der Waals surface area contributed by atoms with E-state index in [4.69, 9.17) is 0 Å². The standard InChI is InChI=1S/C32H46N2O6/c1-5-9-13-33(14-10-6-2)21-17-23(35)27(24(36)18-21)29-31(39)30(32(29)40)28-25(37)19-22(20-26(28)38)34(15-11-7-3)16-12-8-4/h17-20,31-32,39-40H,5-16H2,1-4H3,(H2,35,36,37,38)/p+2. The van der Waals surface area contributed by atoms with Gasteiger partial charge in [0.15, 0.2) is 0 Å². The third kappa shape index (κ3) is 6.78. The molecule has 0 bridgehead atoms. The van der Waals surface area contributed by atoms with Gasteiger partial charge in [-0.25, -0.2) is 9.15 Å². The molecular weight excluding hydrogens is 508 g/mol. The number of aliphatic hydroxyl groups is 6. The monoisotopic (exact) mass is 556 g/mol. The summed E-state index contributed by atoms with van der Waals surface area (Å²) in [6.45, 7) is 11.6. The zero-order chi connectivity index (χ0) is 29.4. The summed E-state index contributed by atoms with van der Waals surface area (Å²) in [5.41, 5.74) is 1.35. The van der Waals surface area contributed by atoms with Gasteiger partial charge in [0.2, 0.25) is 11.4 Å². The van der Waals surface area contributed by atoms with Gasteiger partial charge in [0.25, 0.3) is 0 Å². The SMILES string of the molecule is CCCC[N+](CCCC)=C1C=C(O)C(=C2C(O)C(=C3C(O)=CC(=[N+](CCCC)CCCC)C=C3O)C2O)C(O)=C1. The van der Waals surface area contributed by atoms with Crippen molar-refractivity contribution in [3.8, 4) is 0 Å². The van der Waals surface area contributed by atoms with E-state index in [9.17, 15) is 30.6 Å². The normalized spacial score (nSPS) is 21.1. The van der Waals surface area contributed by atoms with Gasteiger partial charge in [-0.1, -0.05) is 53.4 Å². The fourth-order valence-electron chi connectivity index (χ4n) is 5.37. The molecule has 0 aromatic rings. The summed E-state index contributed by atoms with van der Waals surface area (Å²) >= 11 is 0. The van der Waals surface area contributed by atoms with E-state index in [0.717, 1.165) is 77.5 Å². The molecule has 8 heteroatoms. The lowest BCUT2D eigenvalue weighted by atomic mass is 9.71. The fraction of sp³-hybridized carbons (Fsp3) is 0.562. The molecule has 40 heavy (non-hydrogen) atoms. The van der Waals surface area contributed by atoms with E-state index in [1.807, 2.05) is 0 Å². The van der Waals surface area contributed by atoms with Gasteiger partial charge in [0, 0.05) is 36.8 Å². The molecule has 6 N–H and O–H groups in total. The van der Waals surface area contributed by atoms with Gasteiger partial charge in [-0.2, -0.15) is 0 Å². The minimum absolute atomic E-state index is 0.0283. The number of aliphatic hydroxyl groups excluding tert-OH is 6. The van der Waals surface area contributed by atoms with E-state index >= 15 is 0 Å². The quantitative estimate of drug-likeness (QED) is 0.183. The predicted molar refractivity (Wildman–Crippen MR) is 159 cm³/mol. The Hall–Kier alpha value is -3.10. The van der Waals surface area contributed by atoms with Crippen LogP contribution in [-0.2, 0) is 0 Å². The van der Waals surface area contributed by atoms with Crippen molar-refractivity contribution >= 4 is 11.4 Å². The van der Waals surface area contributed by atoms with Gasteiger partial charge in [-0.15, -0.1) is 0 Å². The number of nitrogens with zero attached hydrogens (tertiary/aromatic N) is 2. The lowest BCUT2D eigenvalue weighted by Gasteiger charge is -2.39. The van der Waals surface area contributed by atoms with Crippen LogP contribution in [0, 0.1) is 0 Å². The average Bonchev–Trinajstić information content (AvgIpc) is 2.92. The van der Waals surface area contributed by atoms with E-state index in [-0.39, 0.29) is 45.3 Å². The minimum atomic E-state index is -1.40. The van der Waals surface area contributed by atoms with E-state index in [0.29, 0.717) is 11.4 Å². The molecule has 1 fully saturated rings. The summed E-state index contributed by atoms with van der Waals surface area (Å²) in [4.78, 5) is 0. The van der Waals surface area contributed by atoms with Crippen LogP contribution in [0.3, 0.4) is 0 Å². The lowest BCUT2D eigenvalue weighted by Crippen LogP contribution is -2.44. The van der Waals surface area contributed by atoms with Crippen molar-refractivity contribution in [3.05, 3.63) is 69.6 Å². The van der Waals surface area contributed by atoms with E-state index in [1.54, 1.807) is 24.3 Å². The van der Waals surface area contributed by atoms with Crippen molar-refractivity contribution in [3.63, 3.8) is 0 Å². The topological polar surface area (TPSA) is 127 Å². The smallest absolute Gasteiger partial charge is 0.207 e. The van der Waals surface area contributed by atoms with Crippen LogP contribution in [0.25, 0.3) is 0 Å². The highest BCUT2D eigenvalue weighted by Crippen LogP contribution is 2.44. The van der Waals surface area contributed by atoms with Crippen LogP contribution in [0.1, 0.15) is 79.1 Å². The summed E-state index contributed by atoms with van der Waals surface area (Å²) in [5, 5.41) is 65.7. The van der Waals surface area contributed by atoms with E-state index in [1.165, 1.54) is 0 Å². The Balaban J connectivity index is 1.98.